The number of aliphatic carboxylic acids is 1. The van der Waals surface area contributed by atoms with Crippen LogP contribution in [0.1, 0.15) is 89.9 Å². The summed E-state index contributed by atoms with van der Waals surface area (Å²) >= 11 is 0. The molecule has 350 valence electrons. The molecule has 0 aromatic heterocycles. The molecule has 65 heavy (non-hydrogen) atoms. The third kappa shape index (κ3) is 12.1. The predicted octanol–water partition coefficient (Wildman–Crippen LogP) is 5.02. The summed E-state index contributed by atoms with van der Waals surface area (Å²) in [5.74, 6) is -4.12. The van der Waals surface area contributed by atoms with Gasteiger partial charge < -0.3 is 58.3 Å². The number of hydrogen-bond donors (Lipinski definition) is 4. The highest BCUT2D eigenvalue weighted by molar-refractivity contribution is 5.90. The summed E-state index contributed by atoms with van der Waals surface area (Å²) in [4.78, 5) is 54.8. The molecule has 0 bridgehead atoms. The van der Waals surface area contributed by atoms with Crippen molar-refractivity contribution >= 4 is 23.9 Å². The third-order valence-corrected chi connectivity index (χ3v) is 12.5. The second kappa shape index (κ2) is 22.4. The van der Waals surface area contributed by atoms with Gasteiger partial charge in [-0.15, -0.1) is 0 Å². The predicted molar refractivity (Wildman–Crippen MR) is 229 cm³/mol. The van der Waals surface area contributed by atoms with E-state index in [1.807, 2.05) is 19.1 Å². The van der Waals surface area contributed by atoms with Gasteiger partial charge in [-0.05, 0) is 62.1 Å². The van der Waals surface area contributed by atoms with Gasteiger partial charge in [-0.3, -0.25) is 0 Å². The fourth-order valence-corrected chi connectivity index (χ4v) is 8.83. The summed E-state index contributed by atoms with van der Waals surface area (Å²) in [5.41, 5.74) is 0.492. The number of carboxylic acid groups (broad SMARTS) is 1. The van der Waals surface area contributed by atoms with Gasteiger partial charge in [0.05, 0.1) is 35.0 Å². The standard InChI is InChI=1S/C49H58O16/c1-28-16-15-25-34(40(28)65-48-39(52)38(51)37(50)29(2)59-48)61-49-43(64-47(57)33-23-13-6-14-24-33)42(60-35(44(53)54)26-30-17-7-3-8-18-30)41(63-46(56)32-21-11-5-12-22-32)36(62-49)27-58-45(55)31-19-9-4-10-20-31/h4-6,9-16,19-24,28-30,34-43,48-52H,3,7-8,17-18,25-27H2,1-2H3,(H,53,54)/t28?,29?,34?,35-,36?,37?,38?,39?,40?,41?,42?,43?,48?,49?/m0/s1. The number of hydrogen-bond acceptors (Lipinski definition) is 15. The molecule has 4 N–H and O–H groups in total. The van der Waals surface area contributed by atoms with Crippen LogP contribution in [-0.2, 0) is 42.7 Å². The van der Waals surface area contributed by atoms with Crippen LogP contribution in [0.25, 0.3) is 0 Å². The Labute approximate surface area is 377 Å². The van der Waals surface area contributed by atoms with Gasteiger partial charge in [-0.1, -0.05) is 106 Å². The summed E-state index contributed by atoms with van der Waals surface area (Å²) in [6.45, 7) is 2.80. The Kier molecular flexibility index (Phi) is 16.5. The Hall–Kier alpha value is -5.04. The van der Waals surface area contributed by atoms with Crippen molar-refractivity contribution in [3.05, 3.63) is 120 Å². The molecule has 2 saturated heterocycles. The van der Waals surface area contributed by atoms with Crippen LogP contribution in [0.2, 0.25) is 0 Å². The van der Waals surface area contributed by atoms with Gasteiger partial charge in [0.15, 0.2) is 30.9 Å². The Bertz CT molecular complexity index is 2040. The lowest BCUT2D eigenvalue weighted by Gasteiger charge is -2.47. The van der Waals surface area contributed by atoms with E-state index in [1.165, 1.54) is 31.2 Å². The first-order chi connectivity index (χ1) is 31.4. The van der Waals surface area contributed by atoms with Crippen LogP contribution in [0, 0.1) is 11.8 Å². The van der Waals surface area contributed by atoms with E-state index in [-0.39, 0.29) is 35.4 Å². The van der Waals surface area contributed by atoms with E-state index in [2.05, 4.69) is 0 Å². The fraction of sp³-hybridized carbons (Fsp3) is 0.510. The summed E-state index contributed by atoms with van der Waals surface area (Å²) in [5, 5.41) is 42.7. The summed E-state index contributed by atoms with van der Waals surface area (Å²) < 4.78 is 50.4. The van der Waals surface area contributed by atoms with Crippen LogP contribution < -0.4 is 0 Å². The summed E-state index contributed by atoms with van der Waals surface area (Å²) in [6.07, 6.45) is -9.64. The molecule has 3 fully saturated rings. The van der Waals surface area contributed by atoms with E-state index in [0.29, 0.717) is 0 Å². The lowest BCUT2D eigenvalue weighted by molar-refractivity contribution is -0.343. The normalized spacial score (nSPS) is 32.2. The van der Waals surface area contributed by atoms with E-state index in [9.17, 15) is 39.6 Å². The molecule has 2 heterocycles. The van der Waals surface area contributed by atoms with E-state index >= 15 is 0 Å². The molecule has 0 amide bonds. The number of aliphatic hydroxyl groups excluding tert-OH is 3. The number of esters is 3. The quantitative estimate of drug-likeness (QED) is 0.0842. The number of carboxylic acids is 1. The molecule has 4 aliphatic rings. The monoisotopic (exact) mass is 902 g/mol. The van der Waals surface area contributed by atoms with Gasteiger partial charge >= 0.3 is 23.9 Å². The van der Waals surface area contributed by atoms with Crippen LogP contribution in [0.15, 0.2) is 103 Å². The van der Waals surface area contributed by atoms with E-state index in [1.54, 1.807) is 66.7 Å². The van der Waals surface area contributed by atoms with Gasteiger partial charge in [-0.25, -0.2) is 19.2 Å². The topological polar surface area (TPSA) is 223 Å². The average molecular weight is 903 g/mol. The molecular formula is C49H58O16. The van der Waals surface area contributed by atoms with Crippen LogP contribution >= 0.6 is 0 Å². The Morgan fingerprint density at radius 3 is 1.80 bits per heavy atom. The van der Waals surface area contributed by atoms with Crippen molar-refractivity contribution in [2.75, 3.05) is 6.61 Å². The molecule has 1 saturated carbocycles. The molecule has 3 aromatic rings. The van der Waals surface area contributed by atoms with Crippen molar-refractivity contribution in [2.24, 2.45) is 11.8 Å². The summed E-state index contributed by atoms with van der Waals surface area (Å²) in [6, 6.07) is 24.3. The van der Waals surface area contributed by atoms with Gasteiger partial charge in [0.1, 0.15) is 37.1 Å². The molecular weight excluding hydrogens is 845 g/mol. The van der Waals surface area contributed by atoms with Crippen molar-refractivity contribution in [3.8, 4) is 0 Å². The highest BCUT2D eigenvalue weighted by Crippen LogP contribution is 2.37. The molecule has 2 aliphatic carbocycles. The number of rotatable bonds is 16. The second-order valence-electron chi connectivity index (χ2n) is 17.1. The zero-order valence-electron chi connectivity index (χ0n) is 36.3. The number of benzene rings is 3. The van der Waals surface area contributed by atoms with Crippen molar-refractivity contribution < 1.29 is 77.5 Å². The maximum absolute atomic E-state index is 14.1. The first-order valence-electron chi connectivity index (χ1n) is 22.3. The highest BCUT2D eigenvalue weighted by Gasteiger charge is 2.55. The van der Waals surface area contributed by atoms with E-state index < -0.39 is 116 Å². The molecule has 16 nitrogen and oxygen atoms in total. The lowest BCUT2D eigenvalue weighted by Crippen LogP contribution is -2.64. The van der Waals surface area contributed by atoms with Crippen LogP contribution in [-0.4, -0.2) is 131 Å². The van der Waals surface area contributed by atoms with Gasteiger partial charge in [0, 0.05) is 5.92 Å². The lowest BCUT2D eigenvalue weighted by atomic mass is 9.85. The Morgan fingerprint density at radius 1 is 0.646 bits per heavy atom. The van der Waals surface area contributed by atoms with E-state index in [4.69, 9.17) is 37.9 Å². The number of carbonyl (C=O) groups excluding carboxylic acids is 3. The highest BCUT2D eigenvalue weighted by atomic mass is 16.8. The maximum atomic E-state index is 14.1. The molecule has 0 radical (unpaired) electrons. The Balaban J connectivity index is 1.29. The van der Waals surface area contributed by atoms with Crippen LogP contribution in [0.5, 0.6) is 0 Å². The van der Waals surface area contributed by atoms with Crippen LogP contribution in [0.4, 0.5) is 0 Å². The molecule has 2 aliphatic heterocycles. The minimum absolute atomic E-state index is 0.00290. The zero-order chi connectivity index (χ0) is 46.0. The summed E-state index contributed by atoms with van der Waals surface area (Å²) in [7, 11) is 0. The third-order valence-electron chi connectivity index (χ3n) is 12.5. The zero-order valence-corrected chi connectivity index (χ0v) is 36.3. The van der Waals surface area contributed by atoms with Crippen LogP contribution in [0.3, 0.4) is 0 Å². The SMILES string of the molecule is CC1C=CCC(OC2OC(COC(=O)c3ccccc3)C(OC(=O)c3ccccc3)C(O[C@@H](CC3CCCCC3)C(=O)O)C2OC(=O)c2ccccc2)C1OC1OC(C)C(O)C(O)C1O. The van der Waals surface area contributed by atoms with Gasteiger partial charge in [0.2, 0.25) is 0 Å². The number of aliphatic hydroxyl groups is 3. The largest absolute Gasteiger partial charge is 0.479 e. The van der Waals surface area contributed by atoms with Crippen molar-refractivity contribution in [1.29, 1.82) is 0 Å². The molecule has 0 spiro atoms. The molecule has 3 aromatic carbocycles. The smallest absolute Gasteiger partial charge is 0.338 e. The van der Waals surface area contributed by atoms with Gasteiger partial charge in [-0.2, -0.15) is 0 Å². The first kappa shape index (κ1) is 47.9. The number of carbonyl (C=O) groups is 4. The van der Waals surface area contributed by atoms with Crippen molar-refractivity contribution in [1.82, 2.24) is 0 Å². The molecule has 7 rings (SSSR count). The molecule has 14 atom stereocenters. The Morgan fingerprint density at radius 2 is 1.22 bits per heavy atom. The van der Waals surface area contributed by atoms with Crippen molar-refractivity contribution in [2.45, 2.75) is 139 Å². The average Bonchev–Trinajstić information content (AvgIpc) is 3.32. The number of ether oxygens (including phenoxy) is 8. The van der Waals surface area contributed by atoms with Crippen molar-refractivity contribution in [3.63, 3.8) is 0 Å². The first-order valence-corrected chi connectivity index (χ1v) is 22.3. The van der Waals surface area contributed by atoms with Gasteiger partial charge in [0.25, 0.3) is 0 Å². The fourth-order valence-electron chi connectivity index (χ4n) is 8.83. The molecule has 13 unspecified atom stereocenters. The minimum Gasteiger partial charge on any atom is -0.479 e. The molecule has 16 heteroatoms. The maximum Gasteiger partial charge on any atom is 0.338 e. The minimum atomic E-state index is -1.64. The van der Waals surface area contributed by atoms with E-state index in [0.717, 1.165) is 32.1 Å². The second-order valence-corrected chi connectivity index (χ2v) is 17.1.